The first-order valence-corrected chi connectivity index (χ1v) is 7.09. The zero-order valence-corrected chi connectivity index (χ0v) is 13.4. The number of nitrogens with one attached hydrogen (secondary N) is 1. The van der Waals surface area contributed by atoms with E-state index in [9.17, 15) is 9.90 Å². The maximum absolute atomic E-state index is 11.8. The Kier molecular flexibility index (Phi) is 6.01. The largest absolute Gasteiger partial charge is 0.507 e. The van der Waals surface area contributed by atoms with Crippen LogP contribution >= 0.6 is 0 Å². The van der Waals surface area contributed by atoms with Gasteiger partial charge in [0, 0.05) is 5.56 Å². The van der Waals surface area contributed by atoms with Gasteiger partial charge in [0.25, 0.3) is 5.91 Å². The molecule has 126 valence electrons. The topological polar surface area (TPSA) is 89.4 Å². The van der Waals surface area contributed by atoms with E-state index in [1.54, 1.807) is 36.4 Å². The highest BCUT2D eigenvalue weighted by atomic mass is 16.5. The molecule has 0 aliphatic carbocycles. The standard InChI is InChI=1S/C17H18N2O5/c1-22-14-8-5-9-15(23-2)17(14)24-11-16(21)19-18-10-12-6-3-4-7-13(12)20/h3-10,20H,11H2,1-2H3,(H,19,21). The number of nitrogens with zero attached hydrogens (tertiary/aromatic N) is 1. The fourth-order valence-corrected chi connectivity index (χ4v) is 1.90. The second-order valence-electron chi connectivity index (χ2n) is 4.63. The van der Waals surface area contributed by atoms with Crippen molar-refractivity contribution < 1.29 is 24.1 Å². The summed E-state index contributed by atoms with van der Waals surface area (Å²) >= 11 is 0. The van der Waals surface area contributed by atoms with Crippen molar-refractivity contribution in [3.63, 3.8) is 0 Å². The average Bonchev–Trinajstić information content (AvgIpc) is 2.61. The quantitative estimate of drug-likeness (QED) is 0.598. The van der Waals surface area contributed by atoms with Crippen molar-refractivity contribution in [1.82, 2.24) is 5.43 Å². The average molecular weight is 330 g/mol. The number of carbonyl (C=O) groups is 1. The van der Waals surface area contributed by atoms with Gasteiger partial charge in [-0.15, -0.1) is 0 Å². The normalized spacial score (nSPS) is 10.4. The van der Waals surface area contributed by atoms with E-state index < -0.39 is 5.91 Å². The molecular weight excluding hydrogens is 312 g/mol. The maximum Gasteiger partial charge on any atom is 0.277 e. The highest BCUT2D eigenvalue weighted by molar-refractivity contribution is 5.85. The summed E-state index contributed by atoms with van der Waals surface area (Å²) in [4.78, 5) is 11.8. The summed E-state index contributed by atoms with van der Waals surface area (Å²) in [6.07, 6.45) is 1.34. The zero-order valence-electron chi connectivity index (χ0n) is 13.4. The van der Waals surface area contributed by atoms with Crippen molar-refractivity contribution in [2.45, 2.75) is 0 Å². The lowest BCUT2D eigenvalue weighted by Crippen LogP contribution is -2.24. The first-order valence-electron chi connectivity index (χ1n) is 7.09. The molecule has 0 bridgehead atoms. The molecule has 0 aliphatic rings. The third-order valence-electron chi connectivity index (χ3n) is 3.06. The van der Waals surface area contributed by atoms with Crippen LogP contribution in [0, 0.1) is 0 Å². The van der Waals surface area contributed by atoms with Crippen molar-refractivity contribution >= 4 is 12.1 Å². The van der Waals surface area contributed by atoms with Gasteiger partial charge in [-0.2, -0.15) is 5.10 Å². The van der Waals surface area contributed by atoms with Crippen molar-refractivity contribution in [3.8, 4) is 23.0 Å². The fourth-order valence-electron chi connectivity index (χ4n) is 1.90. The molecule has 0 unspecified atom stereocenters. The van der Waals surface area contributed by atoms with Gasteiger partial charge in [-0.05, 0) is 24.3 Å². The molecule has 0 atom stereocenters. The van der Waals surface area contributed by atoms with E-state index in [0.29, 0.717) is 22.8 Å². The molecule has 7 heteroatoms. The molecule has 0 radical (unpaired) electrons. The number of hydrogen-bond donors (Lipinski definition) is 2. The molecule has 2 rings (SSSR count). The number of aromatic hydroxyl groups is 1. The van der Waals surface area contributed by atoms with Crippen LogP contribution in [-0.2, 0) is 4.79 Å². The van der Waals surface area contributed by atoms with Crippen molar-refractivity contribution in [1.29, 1.82) is 0 Å². The molecule has 0 fully saturated rings. The van der Waals surface area contributed by atoms with Gasteiger partial charge in [-0.1, -0.05) is 18.2 Å². The molecule has 0 heterocycles. The molecule has 0 saturated heterocycles. The van der Waals surface area contributed by atoms with E-state index in [1.807, 2.05) is 0 Å². The number of phenols is 1. The maximum atomic E-state index is 11.8. The van der Waals surface area contributed by atoms with E-state index in [1.165, 1.54) is 26.5 Å². The van der Waals surface area contributed by atoms with Crippen molar-refractivity contribution in [2.75, 3.05) is 20.8 Å². The van der Waals surface area contributed by atoms with Crippen molar-refractivity contribution in [3.05, 3.63) is 48.0 Å². The van der Waals surface area contributed by atoms with Crippen molar-refractivity contribution in [2.24, 2.45) is 5.10 Å². The van der Waals surface area contributed by atoms with Gasteiger partial charge < -0.3 is 19.3 Å². The molecule has 1 amide bonds. The SMILES string of the molecule is COc1cccc(OC)c1OCC(=O)NN=Cc1ccccc1O. The highest BCUT2D eigenvalue weighted by Crippen LogP contribution is 2.36. The minimum Gasteiger partial charge on any atom is -0.507 e. The van der Waals surface area contributed by atoms with Gasteiger partial charge in [0.15, 0.2) is 18.1 Å². The van der Waals surface area contributed by atoms with Crippen LogP contribution in [0.2, 0.25) is 0 Å². The van der Waals surface area contributed by atoms with Gasteiger partial charge in [0.05, 0.1) is 20.4 Å². The van der Waals surface area contributed by atoms with Gasteiger partial charge in [-0.25, -0.2) is 5.43 Å². The summed E-state index contributed by atoms with van der Waals surface area (Å²) in [6, 6.07) is 11.8. The Bertz CT molecular complexity index is 708. The predicted octanol–water partition coefficient (Wildman–Crippen LogP) is 1.94. The first kappa shape index (κ1) is 17.1. The Labute approximate surface area is 139 Å². The zero-order chi connectivity index (χ0) is 17.4. The Hall–Kier alpha value is -3.22. The lowest BCUT2D eigenvalue weighted by atomic mass is 10.2. The Balaban J connectivity index is 1.93. The minimum absolute atomic E-state index is 0.0745. The van der Waals surface area contributed by atoms with Crippen LogP contribution in [0.15, 0.2) is 47.6 Å². The van der Waals surface area contributed by atoms with E-state index in [-0.39, 0.29) is 12.4 Å². The van der Waals surface area contributed by atoms with Gasteiger partial charge in [-0.3, -0.25) is 4.79 Å². The second kappa shape index (κ2) is 8.42. The summed E-state index contributed by atoms with van der Waals surface area (Å²) in [6.45, 7) is -0.269. The van der Waals surface area contributed by atoms with E-state index in [0.717, 1.165) is 0 Å². The predicted molar refractivity (Wildman–Crippen MR) is 88.9 cm³/mol. The highest BCUT2D eigenvalue weighted by Gasteiger charge is 2.12. The first-order chi connectivity index (χ1) is 11.7. The summed E-state index contributed by atoms with van der Waals surface area (Å²) in [5.74, 6) is 0.863. The van der Waals surface area contributed by atoms with Crippen LogP contribution < -0.4 is 19.6 Å². The number of hydrazone groups is 1. The summed E-state index contributed by atoms with van der Waals surface area (Å²) in [5, 5.41) is 13.4. The van der Waals surface area contributed by atoms with Crippen LogP contribution in [0.25, 0.3) is 0 Å². The Morgan fingerprint density at radius 3 is 2.42 bits per heavy atom. The molecule has 24 heavy (non-hydrogen) atoms. The van der Waals surface area contributed by atoms with Crippen LogP contribution in [-0.4, -0.2) is 38.1 Å². The van der Waals surface area contributed by atoms with Crippen LogP contribution in [0.3, 0.4) is 0 Å². The number of hydrogen-bond acceptors (Lipinski definition) is 6. The number of phenolic OH excluding ortho intramolecular Hbond substituents is 1. The minimum atomic E-state index is -0.463. The number of para-hydroxylation sites is 2. The lowest BCUT2D eigenvalue weighted by Gasteiger charge is -2.13. The van der Waals surface area contributed by atoms with E-state index in [4.69, 9.17) is 14.2 Å². The van der Waals surface area contributed by atoms with Gasteiger partial charge >= 0.3 is 0 Å². The fraction of sp³-hybridized carbons (Fsp3) is 0.176. The molecule has 2 N–H and O–H groups in total. The van der Waals surface area contributed by atoms with Crippen LogP contribution in [0.4, 0.5) is 0 Å². The molecule has 2 aromatic carbocycles. The van der Waals surface area contributed by atoms with Crippen LogP contribution in [0.1, 0.15) is 5.56 Å². The number of amides is 1. The smallest absolute Gasteiger partial charge is 0.277 e. The van der Waals surface area contributed by atoms with Gasteiger partial charge in [0.2, 0.25) is 5.75 Å². The molecule has 0 aliphatic heterocycles. The Morgan fingerprint density at radius 2 is 1.79 bits per heavy atom. The molecule has 7 nitrogen and oxygen atoms in total. The number of carbonyl (C=O) groups excluding carboxylic acids is 1. The molecule has 0 aromatic heterocycles. The lowest BCUT2D eigenvalue weighted by molar-refractivity contribution is -0.123. The molecular formula is C17H18N2O5. The molecule has 2 aromatic rings. The van der Waals surface area contributed by atoms with E-state index >= 15 is 0 Å². The number of ether oxygens (including phenoxy) is 3. The number of benzene rings is 2. The van der Waals surface area contributed by atoms with E-state index in [2.05, 4.69) is 10.5 Å². The summed E-state index contributed by atoms with van der Waals surface area (Å²) < 4.78 is 15.8. The van der Waals surface area contributed by atoms with Gasteiger partial charge in [0.1, 0.15) is 5.75 Å². The molecule has 0 spiro atoms. The monoisotopic (exact) mass is 330 g/mol. The summed E-state index contributed by atoms with van der Waals surface area (Å²) in [7, 11) is 3.00. The van der Waals surface area contributed by atoms with Crippen LogP contribution in [0.5, 0.6) is 23.0 Å². The number of rotatable bonds is 7. The Morgan fingerprint density at radius 1 is 1.12 bits per heavy atom. The third-order valence-corrected chi connectivity index (χ3v) is 3.06. The summed E-state index contributed by atoms with van der Waals surface area (Å²) in [5.41, 5.74) is 2.81. The molecule has 0 saturated carbocycles. The third kappa shape index (κ3) is 4.39. The number of methoxy groups -OCH3 is 2. The second-order valence-corrected chi connectivity index (χ2v) is 4.63.